The summed E-state index contributed by atoms with van der Waals surface area (Å²) in [5, 5.41) is 7.08. The van der Waals surface area contributed by atoms with Crippen molar-refractivity contribution in [3.8, 4) is 0 Å². The minimum atomic E-state index is 0.598. The Morgan fingerprint density at radius 3 is 2.94 bits per heavy atom. The molecule has 90 valence electrons. The van der Waals surface area contributed by atoms with Crippen LogP contribution in [-0.2, 0) is 6.42 Å². The first-order valence-electron chi connectivity index (χ1n) is 6.43. The van der Waals surface area contributed by atoms with Gasteiger partial charge in [-0.2, -0.15) is 0 Å². The third-order valence-electron chi connectivity index (χ3n) is 3.19. The zero-order valence-electron chi connectivity index (χ0n) is 10.3. The molecule has 0 aromatic carbocycles. The van der Waals surface area contributed by atoms with E-state index in [9.17, 15) is 0 Å². The van der Waals surface area contributed by atoms with E-state index in [0.29, 0.717) is 6.04 Å². The maximum atomic E-state index is 4.74. The number of aromatic nitrogens is 1. The summed E-state index contributed by atoms with van der Waals surface area (Å²) in [7, 11) is 0. The number of thiazole rings is 1. The monoisotopic (exact) mass is 238 g/mol. The lowest BCUT2D eigenvalue weighted by Gasteiger charge is -2.22. The first-order chi connectivity index (χ1) is 7.75. The van der Waals surface area contributed by atoms with Crippen LogP contribution in [0.5, 0.6) is 0 Å². The predicted octanol–water partition coefficient (Wildman–Crippen LogP) is 3.34. The van der Waals surface area contributed by atoms with Crippen LogP contribution in [0.4, 0.5) is 0 Å². The Bertz CT molecular complexity index is 315. The van der Waals surface area contributed by atoms with Crippen molar-refractivity contribution in [1.29, 1.82) is 0 Å². The van der Waals surface area contributed by atoms with Crippen molar-refractivity contribution in [3.05, 3.63) is 16.1 Å². The van der Waals surface area contributed by atoms with E-state index in [1.54, 1.807) is 0 Å². The maximum Gasteiger partial charge on any atom is 0.0959 e. The van der Waals surface area contributed by atoms with Crippen molar-refractivity contribution in [3.63, 3.8) is 0 Å². The molecule has 0 atom stereocenters. The predicted molar refractivity (Wildman–Crippen MR) is 70.2 cm³/mol. The van der Waals surface area contributed by atoms with Crippen LogP contribution in [0.15, 0.2) is 5.38 Å². The molecule has 16 heavy (non-hydrogen) atoms. The molecule has 0 amide bonds. The summed E-state index contributed by atoms with van der Waals surface area (Å²) in [4.78, 5) is 4.74. The second-order valence-electron chi connectivity index (χ2n) is 5.02. The molecule has 1 aromatic heterocycles. The molecule has 0 bridgehead atoms. The minimum Gasteiger partial charge on any atom is -0.315 e. The highest BCUT2D eigenvalue weighted by Gasteiger charge is 2.22. The molecule has 2 nitrogen and oxygen atoms in total. The topological polar surface area (TPSA) is 24.9 Å². The minimum absolute atomic E-state index is 0.598. The van der Waals surface area contributed by atoms with Gasteiger partial charge in [0.2, 0.25) is 0 Å². The Balaban J connectivity index is 1.70. The summed E-state index contributed by atoms with van der Waals surface area (Å²) < 4.78 is 0. The van der Waals surface area contributed by atoms with E-state index in [2.05, 4.69) is 24.5 Å². The fraction of sp³-hybridized carbons (Fsp3) is 0.769. The molecule has 1 N–H and O–H groups in total. The van der Waals surface area contributed by atoms with Crippen molar-refractivity contribution in [1.82, 2.24) is 10.3 Å². The van der Waals surface area contributed by atoms with Crippen LogP contribution in [0.2, 0.25) is 0 Å². The molecule has 0 spiro atoms. The number of aryl methyl sites for hydroxylation is 1. The zero-order valence-corrected chi connectivity index (χ0v) is 11.1. The first kappa shape index (κ1) is 12.1. The molecule has 2 rings (SSSR count). The van der Waals surface area contributed by atoms with E-state index in [-0.39, 0.29) is 0 Å². The summed E-state index contributed by atoms with van der Waals surface area (Å²) >= 11 is 1.87. The lowest BCUT2D eigenvalue weighted by molar-refractivity contribution is 0.417. The van der Waals surface area contributed by atoms with Gasteiger partial charge in [0.25, 0.3) is 0 Å². The van der Waals surface area contributed by atoms with E-state index < -0.39 is 0 Å². The molecule has 1 aromatic rings. The number of nitrogens with one attached hydrogen (secondary N) is 1. The van der Waals surface area contributed by atoms with Crippen LogP contribution in [0.25, 0.3) is 0 Å². The maximum absolute atomic E-state index is 4.74. The van der Waals surface area contributed by atoms with Gasteiger partial charge in [-0.25, -0.2) is 4.98 Å². The van der Waals surface area contributed by atoms with Gasteiger partial charge in [0.15, 0.2) is 0 Å². The quantitative estimate of drug-likeness (QED) is 0.769. The van der Waals surface area contributed by atoms with Crippen molar-refractivity contribution in [2.45, 2.75) is 57.9 Å². The summed E-state index contributed by atoms with van der Waals surface area (Å²) in [5.74, 6) is 0.799. The number of rotatable bonds is 6. The Morgan fingerprint density at radius 1 is 1.50 bits per heavy atom. The van der Waals surface area contributed by atoms with Crippen LogP contribution in [0, 0.1) is 0 Å². The average molecular weight is 238 g/mol. The van der Waals surface area contributed by atoms with E-state index in [0.717, 1.165) is 18.9 Å². The highest BCUT2D eigenvalue weighted by molar-refractivity contribution is 7.09. The molecule has 1 heterocycles. The van der Waals surface area contributed by atoms with Crippen molar-refractivity contribution < 1.29 is 0 Å². The normalized spacial score (nSPS) is 16.7. The second-order valence-corrected chi connectivity index (χ2v) is 5.91. The summed E-state index contributed by atoms with van der Waals surface area (Å²) in [6.45, 7) is 5.49. The molecule has 3 heteroatoms. The van der Waals surface area contributed by atoms with E-state index in [4.69, 9.17) is 4.98 Å². The standard InChI is InChI=1S/C13H22N2S/c1-10(2)14-8-4-7-12-9-16-13(15-12)11-5-3-6-11/h9-11,14H,3-8H2,1-2H3. The molecule has 1 aliphatic rings. The molecule has 0 saturated heterocycles. The Kier molecular flexibility index (Phi) is 4.36. The smallest absolute Gasteiger partial charge is 0.0959 e. The largest absolute Gasteiger partial charge is 0.315 e. The van der Waals surface area contributed by atoms with Gasteiger partial charge in [-0.05, 0) is 32.2 Å². The molecule has 1 saturated carbocycles. The lowest BCUT2D eigenvalue weighted by atomic mass is 9.86. The number of hydrogen-bond acceptors (Lipinski definition) is 3. The summed E-state index contributed by atoms with van der Waals surface area (Å²) in [5.41, 5.74) is 1.30. The van der Waals surface area contributed by atoms with Crippen LogP contribution >= 0.6 is 11.3 Å². The molecule has 1 fully saturated rings. The Hall–Kier alpha value is -0.410. The highest BCUT2D eigenvalue weighted by atomic mass is 32.1. The van der Waals surface area contributed by atoms with Gasteiger partial charge >= 0.3 is 0 Å². The third kappa shape index (κ3) is 3.29. The Morgan fingerprint density at radius 2 is 2.31 bits per heavy atom. The van der Waals surface area contributed by atoms with Crippen LogP contribution in [0.3, 0.4) is 0 Å². The number of nitrogens with zero attached hydrogens (tertiary/aromatic N) is 1. The highest BCUT2D eigenvalue weighted by Crippen LogP contribution is 2.37. The second kappa shape index (κ2) is 5.78. The van der Waals surface area contributed by atoms with Crippen molar-refractivity contribution in [2.24, 2.45) is 0 Å². The average Bonchev–Trinajstić information content (AvgIpc) is 2.58. The van der Waals surface area contributed by atoms with Gasteiger partial charge in [0.1, 0.15) is 0 Å². The van der Waals surface area contributed by atoms with E-state index >= 15 is 0 Å². The van der Waals surface area contributed by atoms with Gasteiger partial charge in [0, 0.05) is 17.3 Å². The van der Waals surface area contributed by atoms with E-state index in [1.807, 2.05) is 11.3 Å². The number of hydrogen-bond donors (Lipinski definition) is 1. The molecule has 0 unspecified atom stereocenters. The van der Waals surface area contributed by atoms with Gasteiger partial charge in [-0.3, -0.25) is 0 Å². The van der Waals surface area contributed by atoms with E-state index in [1.165, 1.54) is 36.4 Å². The lowest BCUT2D eigenvalue weighted by Crippen LogP contribution is -2.23. The molecular weight excluding hydrogens is 216 g/mol. The molecular formula is C13H22N2S. The third-order valence-corrected chi connectivity index (χ3v) is 4.24. The molecule has 0 radical (unpaired) electrons. The van der Waals surface area contributed by atoms with Crippen molar-refractivity contribution >= 4 is 11.3 Å². The summed E-state index contributed by atoms with van der Waals surface area (Å²) in [6, 6.07) is 0.598. The van der Waals surface area contributed by atoms with Crippen LogP contribution in [-0.4, -0.2) is 17.6 Å². The molecule has 0 aliphatic heterocycles. The zero-order chi connectivity index (χ0) is 11.4. The fourth-order valence-corrected chi connectivity index (χ4v) is 2.97. The van der Waals surface area contributed by atoms with Gasteiger partial charge < -0.3 is 5.32 Å². The van der Waals surface area contributed by atoms with Crippen molar-refractivity contribution in [2.75, 3.05) is 6.54 Å². The van der Waals surface area contributed by atoms with Crippen LogP contribution in [0.1, 0.15) is 56.2 Å². The van der Waals surface area contributed by atoms with Gasteiger partial charge in [-0.15, -0.1) is 11.3 Å². The molecule has 1 aliphatic carbocycles. The van der Waals surface area contributed by atoms with Gasteiger partial charge in [-0.1, -0.05) is 20.3 Å². The summed E-state index contributed by atoms with van der Waals surface area (Å²) in [6.07, 6.45) is 6.45. The fourth-order valence-electron chi connectivity index (χ4n) is 1.94. The SMILES string of the molecule is CC(C)NCCCc1csc(C2CCC2)n1. The first-order valence-corrected chi connectivity index (χ1v) is 7.31. The Labute approximate surface area is 102 Å². The van der Waals surface area contributed by atoms with Crippen LogP contribution < -0.4 is 5.32 Å². The van der Waals surface area contributed by atoms with Gasteiger partial charge in [0.05, 0.1) is 10.7 Å².